The zero-order valence-electron chi connectivity index (χ0n) is 19.6. The van der Waals surface area contributed by atoms with Gasteiger partial charge in [0.1, 0.15) is 5.76 Å². The van der Waals surface area contributed by atoms with Crippen molar-refractivity contribution < 1.29 is 35.1 Å². The Morgan fingerprint density at radius 1 is 0.871 bits per heavy atom. The summed E-state index contributed by atoms with van der Waals surface area (Å²) in [6.45, 7) is 16.2. The van der Waals surface area contributed by atoms with E-state index in [4.69, 9.17) is 9.31 Å². The maximum absolute atomic E-state index is 12.0. The van der Waals surface area contributed by atoms with Gasteiger partial charge >= 0.3 is 22.7 Å². The highest BCUT2D eigenvalue weighted by Crippen LogP contribution is 2.46. The number of hydrogen-bond donors (Lipinski definition) is 0. The van der Waals surface area contributed by atoms with Gasteiger partial charge in [0.15, 0.2) is 0 Å². The Labute approximate surface area is 184 Å². The molecule has 1 fully saturated rings. The SMILES string of the molecule is CC1(C)CCC=C1B1OC(C)(C)C(C)(C)O1.CC1(C)CCC=C1OS(=O)(=O)C(F)(F)F. The molecular formula is C21H34BF3O5S. The standard InChI is InChI=1S/C13H23BO2.C8H11F3O3S/c1-11(2)9-7-8-10(11)14-15-12(3,4)13(5,6)16-14;1-7(2)5-3-4-6(7)14-15(12,13)8(9,10)11/h8H,7,9H2,1-6H3;4H,3,5H2,1-2H3. The molecule has 10 heteroatoms. The third-order valence-electron chi connectivity index (χ3n) is 6.67. The molecule has 0 aromatic heterocycles. The highest BCUT2D eigenvalue weighted by Gasteiger charge is 2.55. The van der Waals surface area contributed by atoms with Crippen molar-refractivity contribution in [3.63, 3.8) is 0 Å². The van der Waals surface area contributed by atoms with E-state index in [2.05, 4.69) is 51.8 Å². The van der Waals surface area contributed by atoms with E-state index in [-0.39, 0.29) is 29.5 Å². The monoisotopic (exact) mass is 466 g/mol. The largest absolute Gasteiger partial charge is 0.534 e. The van der Waals surface area contributed by atoms with Crippen LogP contribution in [0.15, 0.2) is 23.4 Å². The average Bonchev–Trinajstić information content (AvgIpc) is 3.12. The van der Waals surface area contributed by atoms with Crippen molar-refractivity contribution in [3.8, 4) is 0 Å². The Morgan fingerprint density at radius 2 is 1.32 bits per heavy atom. The van der Waals surface area contributed by atoms with Crippen LogP contribution in [0.25, 0.3) is 0 Å². The van der Waals surface area contributed by atoms with Crippen LogP contribution in [0.4, 0.5) is 13.2 Å². The van der Waals surface area contributed by atoms with Crippen molar-refractivity contribution in [2.45, 2.75) is 97.8 Å². The summed E-state index contributed by atoms with van der Waals surface area (Å²) in [6, 6.07) is 0. The molecule has 0 aromatic carbocycles. The molecule has 0 atom stereocenters. The summed E-state index contributed by atoms with van der Waals surface area (Å²) in [6.07, 6.45) is 7.12. The summed E-state index contributed by atoms with van der Waals surface area (Å²) in [4.78, 5) is 0. The first-order chi connectivity index (χ1) is 13.7. The van der Waals surface area contributed by atoms with Gasteiger partial charge in [0, 0.05) is 5.41 Å². The van der Waals surface area contributed by atoms with Crippen molar-refractivity contribution >= 4 is 17.2 Å². The maximum atomic E-state index is 12.0. The van der Waals surface area contributed by atoms with Crippen LogP contribution in [-0.4, -0.2) is 32.2 Å². The Morgan fingerprint density at radius 3 is 1.68 bits per heavy atom. The van der Waals surface area contributed by atoms with Crippen molar-refractivity contribution in [1.29, 1.82) is 0 Å². The first-order valence-corrected chi connectivity index (χ1v) is 11.9. The summed E-state index contributed by atoms with van der Waals surface area (Å²) >= 11 is 0. The fraction of sp³-hybridized carbons (Fsp3) is 0.810. The molecule has 3 rings (SSSR count). The van der Waals surface area contributed by atoms with E-state index in [1.165, 1.54) is 18.0 Å². The number of rotatable bonds is 3. The predicted octanol–water partition coefficient (Wildman–Crippen LogP) is 5.92. The van der Waals surface area contributed by atoms with Gasteiger partial charge < -0.3 is 13.5 Å². The fourth-order valence-electron chi connectivity index (χ4n) is 3.67. The van der Waals surface area contributed by atoms with Crippen LogP contribution in [0.3, 0.4) is 0 Å². The molecule has 0 N–H and O–H groups in total. The molecule has 0 radical (unpaired) electrons. The predicted molar refractivity (Wildman–Crippen MR) is 114 cm³/mol. The van der Waals surface area contributed by atoms with Crippen molar-refractivity contribution in [1.82, 2.24) is 0 Å². The van der Waals surface area contributed by atoms with Crippen molar-refractivity contribution in [3.05, 3.63) is 23.4 Å². The van der Waals surface area contributed by atoms with Crippen LogP contribution >= 0.6 is 0 Å². The molecule has 0 bridgehead atoms. The van der Waals surface area contributed by atoms with E-state index < -0.39 is 21.0 Å². The summed E-state index contributed by atoms with van der Waals surface area (Å²) in [5, 5.41) is 0. The lowest BCUT2D eigenvalue weighted by Gasteiger charge is -2.32. The van der Waals surface area contributed by atoms with Gasteiger partial charge in [-0.15, -0.1) is 0 Å². The molecule has 3 aliphatic rings. The van der Waals surface area contributed by atoms with E-state index in [9.17, 15) is 21.6 Å². The minimum atomic E-state index is -5.52. The van der Waals surface area contributed by atoms with E-state index >= 15 is 0 Å². The highest BCUT2D eigenvalue weighted by atomic mass is 32.2. The second kappa shape index (κ2) is 8.10. The molecule has 2 aliphatic carbocycles. The summed E-state index contributed by atoms with van der Waals surface area (Å²) in [5.41, 5.74) is -4.92. The van der Waals surface area contributed by atoms with Gasteiger partial charge in [-0.25, -0.2) is 0 Å². The Bertz CT molecular complexity index is 839. The van der Waals surface area contributed by atoms with E-state index in [0.29, 0.717) is 12.8 Å². The molecular weight excluding hydrogens is 432 g/mol. The maximum Gasteiger partial charge on any atom is 0.534 e. The molecule has 0 spiro atoms. The van der Waals surface area contributed by atoms with Gasteiger partial charge in [-0.3, -0.25) is 0 Å². The zero-order valence-corrected chi connectivity index (χ0v) is 20.5. The van der Waals surface area contributed by atoms with Crippen LogP contribution in [0, 0.1) is 10.8 Å². The summed E-state index contributed by atoms with van der Waals surface area (Å²) < 4.78 is 73.7. The van der Waals surface area contributed by atoms with Gasteiger partial charge in [-0.05, 0) is 70.3 Å². The lowest BCUT2D eigenvalue weighted by Crippen LogP contribution is -2.41. The van der Waals surface area contributed by atoms with Crippen molar-refractivity contribution in [2.24, 2.45) is 10.8 Å². The normalized spacial score (nSPS) is 26.1. The Kier molecular flexibility index (Phi) is 6.86. The quantitative estimate of drug-likeness (QED) is 0.294. The van der Waals surface area contributed by atoms with E-state index in [1.807, 2.05) is 0 Å². The molecule has 0 unspecified atom stereocenters. The highest BCUT2D eigenvalue weighted by molar-refractivity contribution is 7.87. The van der Waals surface area contributed by atoms with Gasteiger partial charge in [0.25, 0.3) is 0 Å². The topological polar surface area (TPSA) is 61.8 Å². The molecule has 1 heterocycles. The second-order valence-electron chi connectivity index (χ2n) is 10.6. The van der Waals surface area contributed by atoms with Gasteiger partial charge in [0.05, 0.1) is 11.2 Å². The molecule has 5 nitrogen and oxygen atoms in total. The molecule has 1 saturated heterocycles. The van der Waals surface area contributed by atoms with Gasteiger partial charge in [0.2, 0.25) is 0 Å². The third-order valence-corrected chi connectivity index (χ3v) is 7.64. The average molecular weight is 466 g/mol. The van der Waals surface area contributed by atoms with Crippen LogP contribution < -0.4 is 0 Å². The first kappa shape index (κ1) is 26.3. The molecule has 178 valence electrons. The molecule has 1 aliphatic heterocycles. The molecule has 31 heavy (non-hydrogen) atoms. The summed E-state index contributed by atoms with van der Waals surface area (Å²) in [5.74, 6) is -0.125. The Balaban J connectivity index is 0.000000221. The van der Waals surface area contributed by atoms with Gasteiger partial charge in [-0.2, -0.15) is 21.6 Å². The lowest BCUT2D eigenvalue weighted by molar-refractivity contribution is -0.0530. The van der Waals surface area contributed by atoms with Crippen LogP contribution in [-0.2, 0) is 23.6 Å². The number of alkyl halides is 3. The van der Waals surface area contributed by atoms with Crippen molar-refractivity contribution in [2.75, 3.05) is 0 Å². The van der Waals surface area contributed by atoms with Crippen LogP contribution in [0.2, 0.25) is 0 Å². The fourth-order valence-corrected chi connectivity index (χ4v) is 4.29. The number of hydrogen-bond acceptors (Lipinski definition) is 5. The zero-order chi connectivity index (χ0) is 24.1. The number of halogens is 3. The minimum Gasteiger partial charge on any atom is -0.400 e. The third kappa shape index (κ3) is 5.50. The molecule has 0 saturated carbocycles. The molecule has 0 aromatic rings. The first-order valence-electron chi connectivity index (χ1n) is 10.5. The molecule has 0 amide bonds. The lowest BCUT2D eigenvalue weighted by atomic mass is 9.65. The van der Waals surface area contributed by atoms with Gasteiger partial charge in [-0.1, -0.05) is 33.8 Å². The smallest absolute Gasteiger partial charge is 0.400 e. The van der Waals surface area contributed by atoms with Crippen LogP contribution in [0.1, 0.15) is 81.1 Å². The summed E-state index contributed by atoms with van der Waals surface area (Å²) in [7, 11) is -5.67. The Hall–Kier alpha value is -0.995. The van der Waals surface area contributed by atoms with E-state index in [0.717, 1.165) is 6.42 Å². The van der Waals surface area contributed by atoms with E-state index in [1.54, 1.807) is 13.8 Å². The van der Waals surface area contributed by atoms with Crippen LogP contribution in [0.5, 0.6) is 0 Å². The number of allylic oxidation sites excluding steroid dienone is 4. The minimum absolute atomic E-state index is 0.125. The second-order valence-corrected chi connectivity index (χ2v) is 12.2.